The number of halogens is 2. The van der Waals surface area contributed by atoms with E-state index in [4.69, 9.17) is 5.73 Å². The van der Waals surface area contributed by atoms with Crippen molar-refractivity contribution in [2.75, 3.05) is 0 Å². The van der Waals surface area contributed by atoms with E-state index in [2.05, 4.69) is 15.9 Å². The molecule has 0 atom stereocenters. The van der Waals surface area contributed by atoms with Crippen LogP contribution in [0, 0.1) is 5.82 Å². The minimum absolute atomic E-state index is 0.226. The van der Waals surface area contributed by atoms with Gasteiger partial charge in [-0.2, -0.15) is 0 Å². The average molecular weight is 283 g/mol. The van der Waals surface area contributed by atoms with Crippen molar-refractivity contribution in [3.05, 3.63) is 58.1 Å². The van der Waals surface area contributed by atoms with Gasteiger partial charge in [-0.05, 0) is 35.4 Å². The zero-order valence-electron chi connectivity index (χ0n) is 8.66. The van der Waals surface area contributed by atoms with Gasteiger partial charge >= 0.3 is 0 Å². The van der Waals surface area contributed by atoms with Gasteiger partial charge in [-0.25, -0.2) is 4.39 Å². The Morgan fingerprint density at radius 1 is 1.25 bits per heavy atom. The Labute approximate surface area is 102 Å². The maximum absolute atomic E-state index is 13.1. The van der Waals surface area contributed by atoms with Crippen LogP contribution in [0.2, 0.25) is 0 Å². The molecule has 2 aromatic rings. The molecule has 0 saturated heterocycles. The molecule has 2 nitrogen and oxygen atoms in total. The van der Waals surface area contributed by atoms with Crippen LogP contribution in [0.3, 0.4) is 0 Å². The van der Waals surface area contributed by atoms with Crippen LogP contribution in [0.5, 0.6) is 0 Å². The van der Waals surface area contributed by atoms with E-state index in [0.717, 1.165) is 15.6 Å². The summed E-state index contributed by atoms with van der Waals surface area (Å²) in [5, 5.41) is 0. The number of benzene rings is 1. The van der Waals surface area contributed by atoms with E-state index in [1.807, 2.05) is 29.1 Å². The van der Waals surface area contributed by atoms with Crippen molar-refractivity contribution >= 4 is 15.9 Å². The minimum Gasteiger partial charge on any atom is -0.350 e. The van der Waals surface area contributed by atoms with Gasteiger partial charge in [0, 0.05) is 30.0 Å². The molecular weight excluding hydrogens is 271 g/mol. The molecule has 2 rings (SSSR count). The summed E-state index contributed by atoms with van der Waals surface area (Å²) in [6, 6.07) is 6.86. The van der Waals surface area contributed by atoms with E-state index in [9.17, 15) is 4.39 Å². The first-order valence-electron chi connectivity index (χ1n) is 4.97. The fourth-order valence-electron chi connectivity index (χ4n) is 1.62. The summed E-state index contributed by atoms with van der Waals surface area (Å²) >= 11 is 3.28. The molecule has 4 heteroatoms. The van der Waals surface area contributed by atoms with Gasteiger partial charge in [-0.3, -0.25) is 0 Å². The van der Waals surface area contributed by atoms with Gasteiger partial charge in [0.25, 0.3) is 0 Å². The summed E-state index contributed by atoms with van der Waals surface area (Å²) in [7, 11) is 0. The van der Waals surface area contributed by atoms with Crippen molar-refractivity contribution in [3.8, 4) is 0 Å². The van der Waals surface area contributed by atoms with Crippen LogP contribution in [0.4, 0.5) is 4.39 Å². The molecule has 1 aromatic heterocycles. The van der Waals surface area contributed by atoms with Crippen molar-refractivity contribution in [3.63, 3.8) is 0 Å². The molecule has 1 heterocycles. The average Bonchev–Trinajstić information content (AvgIpc) is 2.64. The second-order valence-corrected chi connectivity index (χ2v) is 4.59. The second kappa shape index (κ2) is 4.80. The van der Waals surface area contributed by atoms with Crippen LogP contribution in [0.25, 0.3) is 0 Å². The summed E-state index contributed by atoms with van der Waals surface area (Å²) < 4.78 is 15.9. The maximum Gasteiger partial charge on any atom is 0.124 e. The zero-order valence-corrected chi connectivity index (χ0v) is 10.2. The zero-order chi connectivity index (χ0) is 11.5. The molecule has 0 saturated carbocycles. The van der Waals surface area contributed by atoms with Crippen molar-refractivity contribution in [2.24, 2.45) is 5.73 Å². The number of hydrogen-bond acceptors (Lipinski definition) is 1. The van der Waals surface area contributed by atoms with Gasteiger partial charge < -0.3 is 10.3 Å². The van der Waals surface area contributed by atoms with Gasteiger partial charge in [0.2, 0.25) is 0 Å². The Bertz CT molecular complexity index is 473. The third-order valence-corrected chi connectivity index (χ3v) is 2.79. The van der Waals surface area contributed by atoms with E-state index in [-0.39, 0.29) is 5.82 Å². The highest BCUT2D eigenvalue weighted by Crippen LogP contribution is 2.16. The molecule has 16 heavy (non-hydrogen) atoms. The molecule has 0 bridgehead atoms. The van der Waals surface area contributed by atoms with Crippen LogP contribution in [0.15, 0.2) is 41.1 Å². The van der Waals surface area contributed by atoms with Gasteiger partial charge in [0.15, 0.2) is 0 Å². The predicted molar refractivity (Wildman–Crippen MR) is 65.5 cm³/mol. The highest BCUT2D eigenvalue weighted by Gasteiger charge is 2.01. The summed E-state index contributed by atoms with van der Waals surface area (Å²) in [5.74, 6) is -0.226. The monoisotopic (exact) mass is 282 g/mol. The van der Waals surface area contributed by atoms with Crippen LogP contribution >= 0.6 is 15.9 Å². The van der Waals surface area contributed by atoms with Gasteiger partial charge in [0.05, 0.1) is 0 Å². The molecule has 0 aliphatic rings. The lowest BCUT2D eigenvalue weighted by molar-refractivity contribution is 0.622. The van der Waals surface area contributed by atoms with Gasteiger partial charge in [-0.15, -0.1) is 0 Å². The molecule has 0 aliphatic carbocycles. The van der Waals surface area contributed by atoms with Crippen molar-refractivity contribution in [1.82, 2.24) is 4.57 Å². The number of nitrogens with zero attached hydrogens (tertiary/aromatic N) is 1. The lowest BCUT2D eigenvalue weighted by Crippen LogP contribution is -1.98. The Balaban J connectivity index is 2.19. The molecule has 84 valence electrons. The topological polar surface area (TPSA) is 30.9 Å². The molecule has 0 unspecified atom stereocenters. The van der Waals surface area contributed by atoms with Crippen LogP contribution < -0.4 is 5.73 Å². The van der Waals surface area contributed by atoms with Gasteiger partial charge in [0.1, 0.15) is 5.82 Å². The van der Waals surface area contributed by atoms with Crippen molar-refractivity contribution < 1.29 is 4.39 Å². The quantitative estimate of drug-likeness (QED) is 0.922. The fourth-order valence-corrected chi connectivity index (χ4v) is 2.14. The van der Waals surface area contributed by atoms with Crippen molar-refractivity contribution in [2.45, 2.75) is 13.1 Å². The summed E-state index contributed by atoms with van der Waals surface area (Å²) in [6.07, 6.45) is 3.92. The standard InChI is InChI=1S/C12H12BrFN2/c13-11-3-10(4-12(14)5-11)8-16-2-1-9(6-15)7-16/h1-5,7H,6,8,15H2. The largest absolute Gasteiger partial charge is 0.350 e. The fraction of sp³-hybridized carbons (Fsp3) is 0.167. The number of rotatable bonds is 3. The number of aromatic nitrogens is 1. The van der Waals surface area contributed by atoms with Crippen molar-refractivity contribution in [1.29, 1.82) is 0 Å². The molecule has 1 aromatic carbocycles. The third-order valence-electron chi connectivity index (χ3n) is 2.33. The van der Waals surface area contributed by atoms with Crippen LogP contribution in [0.1, 0.15) is 11.1 Å². The Morgan fingerprint density at radius 2 is 2.06 bits per heavy atom. The van der Waals surface area contributed by atoms with E-state index in [1.54, 1.807) is 0 Å². The maximum atomic E-state index is 13.1. The normalized spacial score (nSPS) is 10.7. The van der Waals surface area contributed by atoms with E-state index < -0.39 is 0 Å². The lowest BCUT2D eigenvalue weighted by Gasteiger charge is -2.04. The van der Waals surface area contributed by atoms with E-state index in [0.29, 0.717) is 13.1 Å². The molecule has 0 amide bonds. The minimum atomic E-state index is -0.226. The first kappa shape index (κ1) is 11.4. The molecule has 0 aliphatic heterocycles. The van der Waals surface area contributed by atoms with Gasteiger partial charge in [-0.1, -0.05) is 15.9 Å². The third kappa shape index (κ3) is 2.71. The highest BCUT2D eigenvalue weighted by atomic mass is 79.9. The van der Waals surface area contributed by atoms with Crippen LogP contribution in [-0.2, 0) is 13.1 Å². The Morgan fingerprint density at radius 3 is 2.69 bits per heavy atom. The summed E-state index contributed by atoms with van der Waals surface area (Å²) in [5.41, 5.74) is 7.53. The predicted octanol–water partition coefficient (Wildman–Crippen LogP) is 2.90. The number of nitrogens with two attached hydrogens (primary N) is 1. The molecule has 0 radical (unpaired) electrons. The summed E-state index contributed by atoms with van der Waals surface area (Å²) in [4.78, 5) is 0. The van der Waals surface area contributed by atoms with E-state index in [1.165, 1.54) is 12.1 Å². The Kier molecular flexibility index (Phi) is 3.41. The number of hydrogen-bond donors (Lipinski definition) is 1. The smallest absolute Gasteiger partial charge is 0.124 e. The SMILES string of the molecule is NCc1ccn(Cc2cc(F)cc(Br)c2)c1. The second-order valence-electron chi connectivity index (χ2n) is 3.67. The highest BCUT2D eigenvalue weighted by molar-refractivity contribution is 9.10. The first-order chi connectivity index (χ1) is 7.67. The van der Waals surface area contributed by atoms with E-state index >= 15 is 0 Å². The molecule has 0 spiro atoms. The van der Waals surface area contributed by atoms with Crippen LogP contribution in [-0.4, -0.2) is 4.57 Å². The molecular formula is C12H12BrFN2. The molecule has 2 N–H and O–H groups in total. The first-order valence-corrected chi connectivity index (χ1v) is 5.76. The lowest BCUT2D eigenvalue weighted by atomic mass is 10.2. The Hall–Kier alpha value is -1.13. The summed E-state index contributed by atoms with van der Waals surface area (Å²) in [6.45, 7) is 1.18. The molecule has 0 fully saturated rings.